The molecule has 3 amide bonds. The summed E-state index contributed by atoms with van der Waals surface area (Å²) >= 11 is 0. The van der Waals surface area contributed by atoms with Crippen LogP contribution in [-0.4, -0.2) is 83.9 Å². The average molecular weight is 667 g/mol. The summed E-state index contributed by atoms with van der Waals surface area (Å²) in [4.78, 5) is 32.5. The molecule has 0 aliphatic carbocycles. The molecule has 0 aliphatic rings. The molecule has 3 aromatic rings. The number of benzene rings is 2. The van der Waals surface area contributed by atoms with E-state index in [0.717, 1.165) is 5.56 Å². The lowest BCUT2D eigenvalue weighted by molar-refractivity contribution is -0.125. The fourth-order valence-electron chi connectivity index (χ4n) is 5.05. The highest BCUT2D eigenvalue weighted by Crippen LogP contribution is 2.21. The Morgan fingerprint density at radius 3 is 2.17 bits per heavy atom. The van der Waals surface area contributed by atoms with Gasteiger partial charge in [-0.1, -0.05) is 81.4 Å². The second-order valence-corrected chi connectivity index (χ2v) is 14.2. The van der Waals surface area contributed by atoms with Gasteiger partial charge in [0.15, 0.2) is 9.84 Å². The van der Waals surface area contributed by atoms with Crippen LogP contribution >= 0.6 is 0 Å². The molecule has 4 atom stereocenters. The van der Waals surface area contributed by atoms with Crippen molar-refractivity contribution in [2.75, 3.05) is 13.6 Å². The largest absolute Gasteiger partial charge is 0.411 e. The van der Waals surface area contributed by atoms with E-state index in [1.807, 2.05) is 50.2 Å². The number of sulfone groups is 1. The number of hydrogen-bond acceptors (Lipinski definition) is 9. The Kier molecular flexibility index (Phi) is 13.9. The molecule has 2 aromatic carbocycles. The molecule has 1 aromatic heterocycles. The van der Waals surface area contributed by atoms with Crippen LogP contribution in [0, 0.1) is 11.8 Å². The van der Waals surface area contributed by atoms with Gasteiger partial charge in [-0.25, -0.2) is 13.2 Å². The van der Waals surface area contributed by atoms with Crippen LogP contribution in [-0.2, 0) is 27.6 Å². The standard InChI is InChI=1S/C34H46N6O6S/c1-23(2)31(39-34(43)40(5)22-27-13-9-10-18-35-27)32(42)38-29(19-25-11-7-6-8-12-25)30(41)21-36-33(24(3)4)47(45,46)28-16-14-26(15-17-28)20-37-44/h6-18,20,23-24,29-31,33,36,41,44H,19,21-22H2,1-5H3,(H,38,42)(H,39,43)/b37-20+/t29-,30+,31-,33?/m0/s1. The van der Waals surface area contributed by atoms with Crippen LogP contribution in [0.1, 0.15) is 44.5 Å². The molecular formula is C34H46N6O6S. The fourth-order valence-corrected chi connectivity index (χ4v) is 6.89. The van der Waals surface area contributed by atoms with E-state index in [2.05, 4.69) is 26.1 Å². The van der Waals surface area contributed by atoms with E-state index in [1.54, 1.807) is 39.2 Å². The molecule has 0 saturated carbocycles. The number of urea groups is 1. The van der Waals surface area contributed by atoms with Crippen LogP contribution in [0.25, 0.3) is 0 Å². The zero-order valence-corrected chi connectivity index (χ0v) is 28.3. The monoisotopic (exact) mass is 666 g/mol. The third-order valence-corrected chi connectivity index (χ3v) is 9.98. The summed E-state index contributed by atoms with van der Waals surface area (Å²) in [6.07, 6.45) is 1.92. The molecule has 0 spiro atoms. The van der Waals surface area contributed by atoms with Gasteiger partial charge in [-0.15, -0.1) is 0 Å². The highest BCUT2D eigenvalue weighted by molar-refractivity contribution is 7.92. The van der Waals surface area contributed by atoms with Crippen molar-refractivity contribution in [1.29, 1.82) is 0 Å². The lowest BCUT2D eigenvalue weighted by Crippen LogP contribution is -2.58. The van der Waals surface area contributed by atoms with Crippen molar-refractivity contribution < 1.29 is 28.3 Å². The minimum absolute atomic E-state index is 0.0750. The van der Waals surface area contributed by atoms with Crippen molar-refractivity contribution in [2.45, 2.75) is 69.1 Å². The third-order valence-electron chi connectivity index (χ3n) is 7.67. The van der Waals surface area contributed by atoms with Crippen LogP contribution < -0.4 is 16.0 Å². The second kappa shape index (κ2) is 17.5. The summed E-state index contributed by atoms with van der Waals surface area (Å²) in [5.41, 5.74) is 2.09. The number of nitrogens with one attached hydrogen (secondary N) is 3. The van der Waals surface area contributed by atoms with E-state index < -0.39 is 45.3 Å². The quantitative estimate of drug-likeness (QED) is 0.0881. The van der Waals surface area contributed by atoms with E-state index in [4.69, 9.17) is 5.21 Å². The number of pyridine rings is 1. The van der Waals surface area contributed by atoms with Gasteiger partial charge in [0.25, 0.3) is 0 Å². The first-order valence-electron chi connectivity index (χ1n) is 15.5. The maximum atomic E-state index is 13.7. The van der Waals surface area contributed by atoms with E-state index in [-0.39, 0.29) is 36.2 Å². The predicted molar refractivity (Wildman–Crippen MR) is 181 cm³/mol. The molecule has 13 heteroatoms. The van der Waals surface area contributed by atoms with Gasteiger partial charge in [0.1, 0.15) is 11.4 Å². The van der Waals surface area contributed by atoms with E-state index in [0.29, 0.717) is 11.3 Å². The van der Waals surface area contributed by atoms with Crippen LogP contribution in [0.3, 0.4) is 0 Å². The minimum Gasteiger partial charge on any atom is -0.411 e. The molecule has 1 unspecified atom stereocenters. The fraction of sp³-hybridized carbons (Fsp3) is 0.412. The van der Waals surface area contributed by atoms with Crippen molar-refractivity contribution >= 4 is 28.0 Å². The molecule has 0 fully saturated rings. The average Bonchev–Trinajstić information content (AvgIpc) is 3.04. The summed E-state index contributed by atoms with van der Waals surface area (Å²) in [7, 11) is -2.26. The smallest absolute Gasteiger partial charge is 0.318 e. The van der Waals surface area contributed by atoms with Gasteiger partial charge in [-0.3, -0.25) is 15.1 Å². The second-order valence-electron chi connectivity index (χ2n) is 12.2. The summed E-state index contributed by atoms with van der Waals surface area (Å²) in [6.45, 7) is 7.27. The zero-order chi connectivity index (χ0) is 34.6. The van der Waals surface area contributed by atoms with Crippen molar-refractivity contribution in [2.24, 2.45) is 17.0 Å². The number of aliphatic hydroxyl groups excluding tert-OH is 1. The Balaban J connectivity index is 1.76. The normalized spacial score (nSPS) is 14.5. The number of hydrogen-bond donors (Lipinski definition) is 5. The van der Waals surface area contributed by atoms with E-state index >= 15 is 0 Å². The van der Waals surface area contributed by atoms with Gasteiger partial charge >= 0.3 is 6.03 Å². The van der Waals surface area contributed by atoms with Gasteiger partial charge in [0.2, 0.25) is 5.91 Å². The Labute approximate surface area is 277 Å². The topological polar surface area (TPSA) is 173 Å². The van der Waals surface area contributed by atoms with Crippen molar-refractivity contribution in [3.8, 4) is 0 Å². The third kappa shape index (κ3) is 10.9. The summed E-state index contributed by atoms with van der Waals surface area (Å²) in [5, 5.41) is 30.9. The zero-order valence-electron chi connectivity index (χ0n) is 27.4. The van der Waals surface area contributed by atoms with Gasteiger partial charge in [0, 0.05) is 19.8 Å². The molecule has 254 valence electrons. The number of carbonyl (C=O) groups excluding carboxylic acids is 2. The molecule has 0 bridgehead atoms. The maximum Gasteiger partial charge on any atom is 0.318 e. The first kappa shape index (κ1) is 37.1. The number of amides is 3. The number of aromatic nitrogens is 1. The van der Waals surface area contributed by atoms with Crippen molar-refractivity contribution in [3.05, 3.63) is 95.8 Å². The van der Waals surface area contributed by atoms with Crippen LogP contribution in [0.4, 0.5) is 4.79 Å². The highest BCUT2D eigenvalue weighted by atomic mass is 32.2. The number of rotatable bonds is 16. The maximum absolute atomic E-state index is 13.7. The Bertz CT molecular complexity index is 1550. The lowest BCUT2D eigenvalue weighted by atomic mass is 9.98. The molecule has 5 N–H and O–H groups in total. The number of oxime groups is 1. The SMILES string of the molecule is CC(C)C(NC[C@@H](O)[C@H](Cc1ccccc1)NC(=O)[C@@H](NC(=O)N(C)Cc1ccccn1)C(C)C)S(=O)(=O)c1ccc(/C=N/O)cc1. The summed E-state index contributed by atoms with van der Waals surface area (Å²) in [6, 6.07) is 18.5. The van der Waals surface area contributed by atoms with Gasteiger partial charge in [-0.2, -0.15) is 0 Å². The Hall–Kier alpha value is -4.33. The van der Waals surface area contributed by atoms with Crippen LogP contribution in [0.5, 0.6) is 0 Å². The first-order chi connectivity index (χ1) is 22.3. The number of nitrogens with zero attached hydrogens (tertiary/aromatic N) is 3. The molecule has 0 radical (unpaired) electrons. The van der Waals surface area contributed by atoms with E-state index in [9.17, 15) is 23.1 Å². The molecular weight excluding hydrogens is 620 g/mol. The molecule has 0 saturated heterocycles. The van der Waals surface area contributed by atoms with E-state index in [1.165, 1.54) is 35.4 Å². The molecule has 0 aliphatic heterocycles. The summed E-state index contributed by atoms with van der Waals surface area (Å²) in [5.74, 6) is -1.11. The van der Waals surface area contributed by atoms with Crippen LogP contribution in [0.2, 0.25) is 0 Å². The first-order valence-corrected chi connectivity index (χ1v) is 17.1. The van der Waals surface area contributed by atoms with Gasteiger partial charge in [0.05, 0.1) is 35.5 Å². The number of aliphatic hydroxyl groups is 1. The highest BCUT2D eigenvalue weighted by Gasteiger charge is 2.33. The Morgan fingerprint density at radius 2 is 1.60 bits per heavy atom. The molecule has 47 heavy (non-hydrogen) atoms. The number of carbonyl (C=O) groups is 2. The van der Waals surface area contributed by atoms with Gasteiger partial charge in [-0.05, 0) is 53.6 Å². The molecule has 1 heterocycles. The minimum atomic E-state index is -3.88. The predicted octanol–water partition coefficient (Wildman–Crippen LogP) is 3.19. The molecule has 3 rings (SSSR count). The van der Waals surface area contributed by atoms with Crippen LogP contribution in [0.15, 0.2) is 89.0 Å². The molecule has 12 nitrogen and oxygen atoms in total. The lowest BCUT2D eigenvalue weighted by Gasteiger charge is -2.31. The Morgan fingerprint density at radius 1 is 0.936 bits per heavy atom. The summed E-state index contributed by atoms with van der Waals surface area (Å²) < 4.78 is 27.2. The van der Waals surface area contributed by atoms with Crippen molar-refractivity contribution in [3.63, 3.8) is 0 Å². The van der Waals surface area contributed by atoms with Crippen molar-refractivity contribution in [1.82, 2.24) is 25.8 Å². The van der Waals surface area contributed by atoms with Gasteiger partial charge < -0.3 is 25.8 Å².